The maximum Gasteiger partial charge on any atom is 0.340 e. The molecule has 0 spiro atoms. The van der Waals surface area contributed by atoms with E-state index in [1.807, 2.05) is 0 Å². The molecule has 22 heavy (non-hydrogen) atoms. The highest BCUT2D eigenvalue weighted by Gasteiger charge is 2.32. The lowest BCUT2D eigenvalue weighted by Crippen LogP contribution is -2.48. The van der Waals surface area contributed by atoms with Gasteiger partial charge >= 0.3 is 11.9 Å². The van der Waals surface area contributed by atoms with E-state index in [-0.39, 0.29) is 18.8 Å². The predicted octanol–water partition coefficient (Wildman–Crippen LogP) is 1.65. The van der Waals surface area contributed by atoms with Crippen molar-refractivity contribution >= 4 is 40.4 Å². The molecule has 0 aliphatic heterocycles. The summed E-state index contributed by atoms with van der Waals surface area (Å²) in [5, 5.41) is 2.25. The molecule has 0 radical (unpaired) electrons. The first-order valence-electron chi connectivity index (χ1n) is 6.49. The Bertz CT molecular complexity index is 560. The summed E-state index contributed by atoms with van der Waals surface area (Å²) in [7, 11) is 0. The molecule has 1 rings (SSSR count). The van der Waals surface area contributed by atoms with Crippen LogP contribution in [0.25, 0.3) is 0 Å². The molecule has 0 aromatic heterocycles. The molecule has 1 aromatic carbocycles. The predicted molar refractivity (Wildman–Crippen MR) is 83.6 cm³/mol. The maximum atomic E-state index is 13.0. The fourth-order valence-electron chi connectivity index (χ4n) is 1.55. The van der Waals surface area contributed by atoms with Crippen molar-refractivity contribution in [3.63, 3.8) is 0 Å². The first-order valence-corrected chi connectivity index (χ1v) is 7.57. The largest absolute Gasteiger partial charge is 0.464 e. The Morgan fingerprint density at radius 1 is 1.18 bits per heavy atom. The summed E-state index contributed by atoms with van der Waals surface area (Å²) in [6.07, 6.45) is 0. The molecule has 0 bridgehead atoms. The van der Waals surface area contributed by atoms with Crippen LogP contribution < -0.4 is 5.32 Å². The van der Waals surface area contributed by atoms with E-state index in [0.717, 1.165) is 6.07 Å². The average molecular weight is 423 g/mol. The van der Waals surface area contributed by atoms with E-state index in [2.05, 4.69) is 5.32 Å². The highest BCUT2D eigenvalue weighted by molar-refractivity contribution is 14.1. The molecule has 0 atom stereocenters. The van der Waals surface area contributed by atoms with Gasteiger partial charge in [0, 0.05) is 3.57 Å². The molecular weight excluding hydrogens is 408 g/mol. The lowest BCUT2D eigenvalue weighted by molar-refractivity contribution is -0.157. The molecule has 1 N–H and O–H groups in total. The van der Waals surface area contributed by atoms with Crippen LogP contribution in [0, 0.1) is 9.39 Å². The lowest BCUT2D eigenvalue weighted by Gasteiger charge is -2.16. The quantitative estimate of drug-likeness (QED) is 0.428. The van der Waals surface area contributed by atoms with Gasteiger partial charge in [0.25, 0.3) is 5.91 Å². The van der Waals surface area contributed by atoms with Crippen LogP contribution in [0.1, 0.15) is 24.2 Å². The molecule has 0 aliphatic carbocycles. The van der Waals surface area contributed by atoms with Crippen LogP contribution in [0.4, 0.5) is 4.39 Å². The van der Waals surface area contributed by atoms with E-state index in [9.17, 15) is 18.8 Å². The Labute approximate surface area is 140 Å². The average Bonchev–Trinajstić information content (AvgIpc) is 2.44. The summed E-state index contributed by atoms with van der Waals surface area (Å²) in [5.74, 6) is -3.01. The molecule has 8 heteroatoms. The second-order valence-electron chi connectivity index (χ2n) is 4.03. The number of carbonyl (C=O) groups excluding carboxylic acids is 3. The summed E-state index contributed by atoms with van der Waals surface area (Å²) in [6, 6.07) is 1.98. The summed E-state index contributed by atoms with van der Waals surface area (Å²) >= 11 is 1.78. The van der Waals surface area contributed by atoms with Crippen LogP contribution in [-0.2, 0) is 19.1 Å². The van der Waals surface area contributed by atoms with Crippen LogP contribution in [0.15, 0.2) is 18.2 Å². The summed E-state index contributed by atoms with van der Waals surface area (Å²) in [6.45, 7) is 3.26. The van der Waals surface area contributed by atoms with Gasteiger partial charge in [0.1, 0.15) is 5.82 Å². The Hall–Kier alpha value is -1.71. The summed E-state index contributed by atoms with van der Waals surface area (Å²) in [4.78, 5) is 35.7. The van der Waals surface area contributed by atoms with E-state index in [0.29, 0.717) is 3.57 Å². The number of esters is 2. The molecule has 1 aromatic rings. The molecule has 0 saturated heterocycles. The number of ether oxygens (including phenoxy) is 2. The van der Waals surface area contributed by atoms with Crippen molar-refractivity contribution in [2.45, 2.75) is 19.9 Å². The van der Waals surface area contributed by atoms with Gasteiger partial charge in [0.05, 0.1) is 18.8 Å². The Kier molecular flexibility index (Phi) is 7.22. The molecule has 0 saturated carbocycles. The minimum absolute atomic E-state index is 0.0543. The van der Waals surface area contributed by atoms with Crippen molar-refractivity contribution < 1.29 is 28.2 Å². The van der Waals surface area contributed by atoms with Crippen molar-refractivity contribution in [2.24, 2.45) is 0 Å². The van der Waals surface area contributed by atoms with Gasteiger partial charge in [0.15, 0.2) is 0 Å². The van der Waals surface area contributed by atoms with E-state index < -0.39 is 29.7 Å². The highest BCUT2D eigenvalue weighted by atomic mass is 127. The molecule has 1 amide bonds. The Balaban J connectivity index is 2.94. The van der Waals surface area contributed by atoms with Gasteiger partial charge < -0.3 is 14.8 Å². The monoisotopic (exact) mass is 423 g/mol. The molecular formula is C14H15FINO5. The second kappa shape index (κ2) is 8.66. The first kappa shape index (κ1) is 18.3. The van der Waals surface area contributed by atoms with Gasteiger partial charge in [-0.25, -0.2) is 14.0 Å². The van der Waals surface area contributed by atoms with Gasteiger partial charge in [0.2, 0.25) is 6.04 Å². The zero-order chi connectivity index (χ0) is 16.7. The fraction of sp³-hybridized carbons (Fsp3) is 0.357. The Morgan fingerprint density at radius 3 is 2.18 bits per heavy atom. The Morgan fingerprint density at radius 2 is 1.73 bits per heavy atom. The van der Waals surface area contributed by atoms with Crippen LogP contribution in [0.2, 0.25) is 0 Å². The number of halogens is 2. The number of hydrogen-bond donors (Lipinski definition) is 1. The van der Waals surface area contributed by atoms with Crippen LogP contribution >= 0.6 is 22.6 Å². The zero-order valence-corrected chi connectivity index (χ0v) is 14.2. The number of benzene rings is 1. The maximum absolute atomic E-state index is 13.0. The second-order valence-corrected chi connectivity index (χ2v) is 5.20. The van der Waals surface area contributed by atoms with Crippen LogP contribution in [0.3, 0.4) is 0 Å². The minimum atomic E-state index is -1.56. The third-order valence-electron chi connectivity index (χ3n) is 2.50. The van der Waals surface area contributed by atoms with E-state index in [4.69, 9.17) is 9.47 Å². The van der Waals surface area contributed by atoms with E-state index >= 15 is 0 Å². The fourth-order valence-corrected chi connectivity index (χ4v) is 2.27. The summed E-state index contributed by atoms with van der Waals surface area (Å²) in [5.41, 5.74) is 0.139. The van der Waals surface area contributed by atoms with Crippen molar-refractivity contribution in [1.82, 2.24) is 5.32 Å². The number of nitrogens with one attached hydrogen (secondary N) is 1. The standard InChI is InChI=1S/C14H15FINO5/c1-3-21-13(19)11(14(20)22-4-2)17-12(18)9-6-5-8(15)7-10(9)16/h5-7,11H,3-4H2,1-2H3,(H,17,18). The molecule has 0 aliphatic rings. The number of hydrogen-bond acceptors (Lipinski definition) is 5. The minimum Gasteiger partial charge on any atom is -0.464 e. The smallest absolute Gasteiger partial charge is 0.340 e. The van der Waals surface area contributed by atoms with Gasteiger partial charge in [-0.1, -0.05) is 0 Å². The van der Waals surface area contributed by atoms with Crippen LogP contribution in [0.5, 0.6) is 0 Å². The molecule has 0 fully saturated rings. The number of amides is 1. The van der Waals surface area contributed by atoms with Gasteiger partial charge in [-0.15, -0.1) is 0 Å². The first-order chi connectivity index (χ1) is 10.4. The molecule has 6 nitrogen and oxygen atoms in total. The zero-order valence-electron chi connectivity index (χ0n) is 12.0. The number of carbonyl (C=O) groups is 3. The van der Waals surface area contributed by atoms with Crippen molar-refractivity contribution in [3.8, 4) is 0 Å². The van der Waals surface area contributed by atoms with Gasteiger partial charge in [-0.3, -0.25) is 4.79 Å². The highest BCUT2D eigenvalue weighted by Crippen LogP contribution is 2.14. The third-order valence-corrected chi connectivity index (χ3v) is 3.39. The van der Waals surface area contributed by atoms with Crippen molar-refractivity contribution in [3.05, 3.63) is 33.1 Å². The van der Waals surface area contributed by atoms with Crippen molar-refractivity contribution in [2.75, 3.05) is 13.2 Å². The van der Waals surface area contributed by atoms with Crippen LogP contribution in [-0.4, -0.2) is 37.1 Å². The normalized spacial score (nSPS) is 10.2. The third kappa shape index (κ3) is 4.93. The molecule has 0 unspecified atom stereocenters. The number of rotatable bonds is 6. The van der Waals surface area contributed by atoms with E-state index in [1.54, 1.807) is 36.4 Å². The lowest BCUT2D eigenvalue weighted by atomic mass is 10.2. The summed E-state index contributed by atoms with van der Waals surface area (Å²) < 4.78 is 22.9. The molecule has 120 valence electrons. The topological polar surface area (TPSA) is 81.7 Å². The SMILES string of the molecule is CCOC(=O)C(NC(=O)c1ccc(F)cc1I)C(=O)OCC. The van der Waals surface area contributed by atoms with Gasteiger partial charge in [-0.2, -0.15) is 0 Å². The van der Waals surface area contributed by atoms with Gasteiger partial charge in [-0.05, 0) is 54.6 Å². The van der Waals surface area contributed by atoms with E-state index in [1.165, 1.54) is 12.1 Å². The van der Waals surface area contributed by atoms with Crippen molar-refractivity contribution in [1.29, 1.82) is 0 Å². The molecule has 0 heterocycles.